The van der Waals surface area contributed by atoms with Crippen molar-refractivity contribution in [3.05, 3.63) is 65.2 Å². The summed E-state index contributed by atoms with van der Waals surface area (Å²) in [5, 5.41) is 2.85. The van der Waals surface area contributed by atoms with Crippen molar-refractivity contribution in [2.45, 2.75) is 32.4 Å². The van der Waals surface area contributed by atoms with Crippen LogP contribution in [-0.4, -0.2) is 25.6 Å². The largest absolute Gasteiger partial charge is 0.494 e. The zero-order valence-electron chi connectivity index (χ0n) is 15.7. The van der Waals surface area contributed by atoms with Gasteiger partial charge in [-0.1, -0.05) is 42.0 Å². The molecule has 0 heterocycles. The number of rotatable bonds is 9. The molecule has 144 valence electrons. The highest BCUT2D eigenvalue weighted by Crippen LogP contribution is 2.14. The summed E-state index contributed by atoms with van der Waals surface area (Å²) in [7, 11) is 1.37. The number of amides is 1. The summed E-state index contributed by atoms with van der Waals surface area (Å²) in [4.78, 5) is 23.3. The molecule has 1 unspecified atom stereocenters. The maximum absolute atomic E-state index is 12.2. The van der Waals surface area contributed by atoms with Crippen LogP contribution < -0.4 is 15.8 Å². The van der Waals surface area contributed by atoms with E-state index in [0.717, 1.165) is 16.7 Å². The monoisotopic (exact) mass is 370 g/mol. The van der Waals surface area contributed by atoms with Gasteiger partial charge in [0.05, 0.1) is 13.7 Å². The molecule has 2 aromatic rings. The number of esters is 1. The molecule has 2 rings (SSSR count). The highest BCUT2D eigenvalue weighted by Gasteiger charge is 2.15. The van der Waals surface area contributed by atoms with Crippen molar-refractivity contribution in [2.75, 3.05) is 13.7 Å². The molecule has 6 nitrogen and oxygen atoms in total. The minimum Gasteiger partial charge on any atom is -0.494 e. The van der Waals surface area contributed by atoms with Crippen LogP contribution in [0.5, 0.6) is 5.75 Å². The normalized spacial score (nSPS) is 11.5. The van der Waals surface area contributed by atoms with Crippen LogP contribution in [0.3, 0.4) is 0 Å². The fraction of sp³-hybridized carbons (Fsp3) is 0.333. The molecule has 0 aliphatic heterocycles. The Morgan fingerprint density at radius 1 is 1.07 bits per heavy atom. The highest BCUT2D eigenvalue weighted by molar-refractivity contribution is 5.82. The molecule has 0 bridgehead atoms. The van der Waals surface area contributed by atoms with Crippen LogP contribution in [0, 0.1) is 6.92 Å². The maximum Gasteiger partial charge on any atom is 0.305 e. The first-order valence-corrected chi connectivity index (χ1v) is 8.88. The van der Waals surface area contributed by atoms with Crippen molar-refractivity contribution < 1.29 is 19.1 Å². The molecule has 1 atom stereocenters. The van der Waals surface area contributed by atoms with Crippen LogP contribution in [0.2, 0.25) is 0 Å². The molecular formula is C21H26N2O4. The zero-order chi connectivity index (χ0) is 19.6. The van der Waals surface area contributed by atoms with Gasteiger partial charge in [-0.05, 0) is 36.6 Å². The zero-order valence-corrected chi connectivity index (χ0v) is 15.7. The maximum atomic E-state index is 12.2. The van der Waals surface area contributed by atoms with E-state index in [-0.39, 0.29) is 11.9 Å². The van der Waals surface area contributed by atoms with E-state index in [1.54, 1.807) is 0 Å². The van der Waals surface area contributed by atoms with Crippen molar-refractivity contribution in [3.8, 4) is 5.75 Å². The van der Waals surface area contributed by atoms with Gasteiger partial charge >= 0.3 is 5.97 Å². The Morgan fingerprint density at radius 3 is 2.37 bits per heavy atom. The predicted octanol–water partition coefficient (Wildman–Crippen LogP) is 2.64. The summed E-state index contributed by atoms with van der Waals surface area (Å²) in [5.41, 5.74) is 8.87. The van der Waals surface area contributed by atoms with Gasteiger partial charge in [0.15, 0.2) is 0 Å². The minimum absolute atomic E-state index is 0.220. The fourth-order valence-electron chi connectivity index (χ4n) is 2.44. The Bertz CT molecular complexity index is 742. The molecule has 0 saturated carbocycles. The van der Waals surface area contributed by atoms with Gasteiger partial charge in [-0.3, -0.25) is 9.59 Å². The van der Waals surface area contributed by atoms with E-state index in [2.05, 4.69) is 10.1 Å². The molecule has 0 fully saturated rings. The second-order valence-electron chi connectivity index (χ2n) is 6.28. The van der Waals surface area contributed by atoms with Gasteiger partial charge in [0.25, 0.3) is 0 Å². The molecule has 0 aromatic heterocycles. The van der Waals surface area contributed by atoms with Crippen LogP contribution in [0.4, 0.5) is 0 Å². The molecule has 2 aromatic carbocycles. The van der Waals surface area contributed by atoms with Crippen LogP contribution >= 0.6 is 0 Å². The van der Waals surface area contributed by atoms with Crippen LogP contribution in [-0.2, 0) is 20.9 Å². The standard InChI is InChI=1S/C21H26N2O4/c1-15-5-9-17(10-6-15)20(22)21(25)23-14-16-7-11-18(12-8-16)27-13-3-4-19(24)26-2/h5-12,20H,3-4,13-14,22H2,1-2H3,(H,23,25). The Morgan fingerprint density at radius 2 is 1.74 bits per heavy atom. The summed E-state index contributed by atoms with van der Waals surface area (Å²) in [5.74, 6) is 0.252. The Kier molecular flexibility index (Phi) is 7.82. The van der Waals surface area contributed by atoms with Gasteiger partial charge in [-0.15, -0.1) is 0 Å². The molecule has 0 aliphatic carbocycles. The lowest BCUT2D eigenvalue weighted by molar-refractivity contribution is -0.140. The Hall–Kier alpha value is -2.86. The van der Waals surface area contributed by atoms with E-state index in [4.69, 9.17) is 10.5 Å². The quantitative estimate of drug-likeness (QED) is 0.523. The summed E-state index contributed by atoms with van der Waals surface area (Å²) in [6, 6.07) is 14.3. The number of carbonyl (C=O) groups is 2. The molecule has 0 spiro atoms. The topological polar surface area (TPSA) is 90.6 Å². The van der Waals surface area contributed by atoms with E-state index in [0.29, 0.717) is 31.7 Å². The highest BCUT2D eigenvalue weighted by atomic mass is 16.5. The smallest absolute Gasteiger partial charge is 0.305 e. The average Bonchev–Trinajstić information content (AvgIpc) is 2.70. The number of hydrogen-bond donors (Lipinski definition) is 2. The number of hydrogen-bond acceptors (Lipinski definition) is 5. The summed E-state index contributed by atoms with van der Waals surface area (Å²) in [6.07, 6.45) is 0.934. The van der Waals surface area contributed by atoms with E-state index >= 15 is 0 Å². The number of carbonyl (C=O) groups excluding carboxylic acids is 2. The van der Waals surface area contributed by atoms with Crippen molar-refractivity contribution >= 4 is 11.9 Å². The number of aryl methyl sites for hydroxylation is 1. The van der Waals surface area contributed by atoms with Crippen molar-refractivity contribution in [3.63, 3.8) is 0 Å². The first-order valence-electron chi connectivity index (χ1n) is 8.88. The number of nitrogens with one attached hydrogen (secondary N) is 1. The number of nitrogens with two attached hydrogens (primary N) is 1. The number of benzene rings is 2. The molecule has 0 aliphatic rings. The molecule has 6 heteroatoms. The lowest BCUT2D eigenvalue weighted by Crippen LogP contribution is -2.33. The van der Waals surface area contributed by atoms with Crippen molar-refractivity contribution in [1.29, 1.82) is 0 Å². The van der Waals surface area contributed by atoms with Gasteiger partial charge in [0.1, 0.15) is 11.8 Å². The SMILES string of the molecule is COC(=O)CCCOc1ccc(CNC(=O)C(N)c2ccc(C)cc2)cc1. The first-order chi connectivity index (χ1) is 13.0. The van der Waals surface area contributed by atoms with Crippen LogP contribution in [0.15, 0.2) is 48.5 Å². The average molecular weight is 370 g/mol. The lowest BCUT2D eigenvalue weighted by Gasteiger charge is -2.13. The van der Waals surface area contributed by atoms with Gasteiger partial charge in [-0.2, -0.15) is 0 Å². The third kappa shape index (κ3) is 6.75. The Labute approximate surface area is 159 Å². The third-order valence-corrected chi connectivity index (χ3v) is 4.13. The van der Waals surface area contributed by atoms with Crippen LogP contribution in [0.1, 0.15) is 35.6 Å². The molecule has 27 heavy (non-hydrogen) atoms. The van der Waals surface area contributed by atoms with Crippen molar-refractivity contribution in [1.82, 2.24) is 5.32 Å². The van der Waals surface area contributed by atoms with Gasteiger partial charge in [0.2, 0.25) is 5.91 Å². The molecule has 3 N–H and O–H groups in total. The summed E-state index contributed by atoms with van der Waals surface area (Å²) >= 11 is 0. The van der Waals surface area contributed by atoms with E-state index < -0.39 is 6.04 Å². The lowest BCUT2D eigenvalue weighted by atomic mass is 10.1. The third-order valence-electron chi connectivity index (χ3n) is 4.13. The minimum atomic E-state index is -0.692. The van der Waals surface area contributed by atoms with Gasteiger partial charge in [-0.25, -0.2) is 0 Å². The van der Waals surface area contributed by atoms with Gasteiger partial charge in [0, 0.05) is 13.0 Å². The first kappa shape index (κ1) is 20.5. The van der Waals surface area contributed by atoms with E-state index in [9.17, 15) is 9.59 Å². The molecule has 1 amide bonds. The van der Waals surface area contributed by atoms with Crippen molar-refractivity contribution in [2.24, 2.45) is 5.73 Å². The predicted molar refractivity (Wildman–Crippen MR) is 103 cm³/mol. The number of methoxy groups -OCH3 is 1. The molecule has 0 saturated heterocycles. The van der Waals surface area contributed by atoms with E-state index in [1.165, 1.54) is 7.11 Å². The number of ether oxygens (including phenoxy) is 2. The second kappa shape index (κ2) is 10.3. The summed E-state index contributed by atoms with van der Waals surface area (Å²) in [6.45, 7) is 2.82. The molecule has 0 radical (unpaired) electrons. The molecular weight excluding hydrogens is 344 g/mol. The Balaban J connectivity index is 1.76. The van der Waals surface area contributed by atoms with Crippen LogP contribution in [0.25, 0.3) is 0 Å². The van der Waals surface area contributed by atoms with Gasteiger partial charge < -0.3 is 20.5 Å². The summed E-state index contributed by atoms with van der Waals surface area (Å²) < 4.78 is 10.1. The second-order valence-corrected chi connectivity index (χ2v) is 6.28. The fourth-order valence-corrected chi connectivity index (χ4v) is 2.44. The van der Waals surface area contributed by atoms with E-state index in [1.807, 2.05) is 55.5 Å².